The molecule has 3 aromatic rings. The van der Waals surface area contributed by atoms with Crippen LogP contribution in [0.25, 0.3) is 5.69 Å². The molecular weight excluding hydrogens is 300 g/mol. The number of nitrogens with zero attached hydrogens (tertiary/aromatic N) is 1. The minimum absolute atomic E-state index is 0.126. The molecule has 1 heterocycles. The predicted octanol–water partition coefficient (Wildman–Crippen LogP) is 4.36. The van der Waals surface area contributed by atoms with Gasteiger partial charge in [0.25, 0.3) is 5.91 Å². The van der Waals surface area contributed by atoms with Gasteiger partial charge in [0, 0.05) is 28.8 Å². The largest absolute Gasteiger partial charge is 0.497 e. The molecule has 24 heavy (non-hydrogen) atoms. The topological polar surface area (TPSA) is 43.3 Å². The maximum Gasteiger partial charge on any atom is 0.257 e. The first-order valence-corrected chi connectivity index (χ1v) is 7.80. The molecule has 0 unspecified atom stereocenters. The standard InChI is InChI=1S/C20H20N2O2/c1-14-12-19(15(2)22(14)17-9-5-4-6-10-17)20(23)21-16-8-7-11-18(13-16)24-3/h4-13H,1-3H3,(H,21,23). The first kappa shape index (κ1) is 15.9. The molecule has 4 heteroatoms. The van der Waals surface area contributed by atoms with Crippen LogP contribution in [0, 0.1) is 13.8 Å². The fraction of sp³-hybridized carbons (Fsp3) is 0.150. The number of methoxy groups -OCH3 is 1. The number of carbonyl (C=O) groups excluding carboxylic acids is 1. The Labute approximate surface area is 141 Å². The van der Waals surface area contributed by atoms with E-state index in [2.05, 4.69) is 9.88 Å². The minimum atomic E-state index is -0.126. The molecule has 1 aromatic heterocycles. The molecule has 3 rings (SSSR count). The highest BCUT2D eigenvalue weighted by Gasteiger charge is 2.16. The molecule has 2 aromatic carbocycles. The third kappa shape index (κ3) is 3.04. The fourth-order valence-corrected chi connectivity index (χ4v) is 2.87. The van der Waals surface area contributed by atoms with Crippen molar-refractivity contribution in [1.82, 2.24) is 4.57 Å². The Kier molecular flexibility index (Phi) is 4.38. The zero-order valence-electron chi connectivity index (χ0n) is 14.0. The zero-order valence-corrected chi connectivity index (χ0v) is 14.0. The number of benzene rings is 2. The molecule has 0 spiro atoms. The number of carbonyl (C=O) groups is 1. The highest BCUT2D eigenvalue weighted by Crippen LogP contribution is 2.23. The SMILES string of the molecule is COc1cccc(NC(=O)c2cc(C)n(-c3ccccc3)c2C)c1. The highest BCUT2D eigenvalue weighted by atomic mass is 16.5. The second-order valence-corrected chi connectivity index (χ2v) is 5.64. The van der Waals surface area contributed by atoms with Gasteiger partial charge in [-0.05, 0) is 44.2 Å². The van der Waals surface area contributed by atoms with E-state index in [1.807, 2.05) is 68.4 Å². The second kappa shape index (κ2) is 6.62. The summed E-state index contributed by atoms with van der Waals surface area (Å²) in [7, 11) is 1.61. The average molecular weight is 320 g/mol. The summed E-state index contributed by atoms with van der Waals surface area (Å²) in [4.78, 5) is 12.7. The van der Waals surface area contributed by atoms with Crippen molar-refractivity contribution in [1.29, 1.82) is 0 Å². The van der Waals surface area contributed by atoms with Gasteiger partial charge in [-0.1, -0.05) is 24.3 Å². The molecule has 0 aliphatic carbocycles. The quantitative estimate of drug-likeness (QED) is 0.776. The summed E-state index contributed by atoms with van der Waals surface area (Å²) in [5.74, 6) is 0.584. The van der Waals surface area contributed by atoms with E-state index in [0.29, 0.717) is 17.0 Å². The van der Waals surface area contributed by atoms with Gasteiger partial charge in [0.15, 0.2) is 0 Å². The van der Waals surface area contributed by atoms with E-state index < -0.39 is 0 Å². The van der Waals surface area contributed by atoms with E-state index in [1.165, 1.54) is 0 Å². The van der Waals surface area contributed by atoms with Gasteiger partial charge >= 0.3 is 0 Å². The van der Waals surface area contributed by atoms with Crippen LogP contribution in [-0.2, 0) is 0 Å². The maximum absolute atomic E-state index is 12.7. The van der Waals surface area contributed by atoms with Gasteiger partial charge in [0.05, 0.1) is 12.7 Å². The lowest BCUT2D eigenvalue weighted by Crippen LogP contribution is -2.13. The lowest BCUT2D eigenvalue weighted by atomic mass is 10.2. The number of para-hydroxylation sites is 1. The molecule has 0 saturated heterocycles. The van der Waals surface area contributed by atoms with Crippen molar-refractivity contribution in [2.45, 2.75) is 13.8 Å². The van der Waals surface area contributed by atoms with Crippen molar-refractivity contribution in [3.05, 3.63) is 77.6 Å². The monoisotopic (exact) mass is 320 g/mol. The second-order valence-electron chi connectivity index (χ2n) is 5.64. The van der Waals surface area contributed by atoms with E-state index in [0.717, 1.165) is 17.1 Å². The number of hydrogen-bond donors (Lipinski definition) is 1. The normalized spacial score (nSPS) is 10.5. The molecule has 0 aliphatic rings. The van der Waals surface area contributed by atoms with Crippen molar-refractivity contribution < 1.29 is 9.53 Å². The number of nitrogens with one attached hydrogen (secondary N) is 1. The first-order chi connectivity index (χ1) is 11.6. The van der Waals surface area contributed by atoms with Crippen molar-refractivity contribution in [2.24, 2.45) is 0 Å². The summed E-state index contributed by atoms with van der Waals surface area (Å²) in [5, 5.41) is 2.93. The van der Waals surface area contributed by atoms with Crippen LogP contribution in [0.5, 0.6) is 5.75 Å². The Morgan fingerprint density at radius 1 is 1.00 bits per heavy atom. The molecule has 1 N–H and O–H groups in total. The highest BCUT2D eigenvalue weighted by molar-refractivity contribution is 6.05. The van der Waals surface area contributed by atoms with Crippen LogP contribution >= 0.6 is 0 Å². The lowest BCUT2D eigenvalue weighted by molar-refractivity contribution is 0.102. The summed E-state index contributed by atoms with van der Waals surface area (Å²) in [6, 6.07) is 19.3. The van der Waals surface area contributed by atoms with Gasteiger partial charge < -0.3 is 14.6 Å². The number of rotatable bonds is 4. The summed E-state index contributed by atoms with van der Waals surface area (Å²) >= 11 is 0. The summed E-state index contributed by atoms with van der Waals surface area (Å²) in [6.07, 6.45) is 0. The molecular formula is C20H20N2O2. The summed E-state index contributed by atoms with van der Waals surface area (Å²) < 4.78 is 7.28. The number of amides is 1. The van der Waals surface area contributed by atoms with Crippen LogP contribution in [0.15, 0.2) is 60.7 Å². The van der Waals surface area contributed by atoms with Crippen LogP contribution in [0.3, 0.4) is 0 Å². The third-order valence-electron chi connectivity index (χ3n) is 4.02. The fourth-order valence-electron chi connectivity index (χ4n) is 2.87. The molecule has 0 bridgehead atoms. The summed E-state index contributed by atoms with van der Waals surface area (Å²) in [6.45, 7) is 3.96. The van der Waals surface area contributed by atoms with Gasteiger partial charge in [-0.15, -0.1) is 0 Å². The molecule has 0 fully saturated rings. The van der Waals surface area contributed by atoms with Crippen LogP contribution in [0.1, 0.15) is 21.7 Å². The lowest BCUT2D eigenvalue weighted by Gasteiger charge is -2.10. The number of anilines is 1. The zero-order chi connectivity index (χ0) is 17.1. The van der Waals surface area contributed by atoms with E-state index in [9.17, 15) is 4.79 Å². The van der Waals surface area contributed by atoms with Crippen molar-refractivity contribution in [3.63, 3.8) is 0 Å². The summed E-state index contributed by atoms with van der Waals surface area (Å²) in [5.41, 5.74) is 4.37. The number of aromatic nitrogens is 1. The average Bonchev–Trinajstić information content (AvgIpc) is 2.90. The molecule has 0 atom stereocenters. The Hall–Kier alpha value is -3.01. The number of ether oxygens (including phenoxy) is 1. The molecule has 1 amide bonds. The van der Waals surface area contributed by atoms with Gasteiger partial charge in [-0.25, -0.2) is 0 Å². The van der Waals surface area contributed by atoms with Crippen molar-refractivity contribution >= 4 is 11.6 Å². The van der Waals surface area contributed by atoms with Gasteiger partial charge in [-0.3, -0.25) is 4.79 Å². The molecule has 0 aliphatic heterocycles. The van der Waals surface area contributed by atoms with Crippen LogP contribution in [-0.4, -0.2) is 17.6 Å². The number of aryl methyl sites for hydroxylation is 1. The minimum Gasteiger partial charge on any atom is -0.497 e. The maximum atomic E-state index is 12.7. The van der Waals surface area contributed by atoms with E-state index in [-0.39, 0.29) is 5.91 Å². The van der Waals surface area contributed by atoms with E-state index in [1.54, 1.807) is 13.2 Å². The Morgan fingerprint density at radius 3 is 2.46 bits per heavy atom. The molecule has 4 nitrogen and oxygen atoms in total. The van der Waals surface area contributed by atoms with Crippen molar-refractivity contribution in [3.8, 4) is 11.4 Å². The Morgan fingerprint density at radius 2 is 1.75 bits per heavy atom. The van der Waals surface area contributed by atoms with Gasteiger partial charge in [0.1, 0.15) is 5.75 Å². The first-order valence-electron chi connectivity index (χ1n) is 7.80. The van der Waals surface area contributed by atoms with Crippen LogP contribution < -0.4 is 10.1 Å². The van der Waals surface area contributed by atoms with Gasteiger partial charge in [-0.2, -0.15) is 0 Å². The predicted molar refractivity (Wildman–Crippen MR) is 96.2 cm³/mol. The molecule has 0 saturated carbocycles. The Balaban J connectivity index is 1.91. The van der Waals surface area contributed by atoms with Crippen LogP contribution in [0.2, 0.25) is 0 Å². The van der Waals surface area contributed by atoms with Gasteiger partial charge in [0.2, 0.25) is 0 Å². The molecule has 0 radical (unpaired) electrons. The van der Waals surface area contributed by atoms with Crippen LogP contribution in [0.4, 0.5) is 5.69 Å². The smallest absolute Gasteiger partial charge is 0.257 e. The van der Waals surface area contributed by atoms with E-state index in [4.69, 9.17) is 4.74 Å². The number of hydrogen-bond acceptors (Lipinski definition) is 2. The Bertz CT molecular complexity index is 867. The third-order valence-corrected chi connectivity index (χ3v) is 4.02. The molecule has 122 valence electrons. The van der Waals surface area contributed by atoms with E-state index >= 15 is 0 Å². The van der Waals surface area contributed by atoms with Crippen molar-refractivity contribution in [2.75, 3.05) is 12.4 Å².